The van der Waals surface area contributed by atoms with Gasteiger partial charge in [0.2, 0.25) is 5.91 Å². The Morgan fingerprint density at radius 2 is 2.19 bits per heavy atom. The molecule has 2 fully saturated rings. The van der Waals surface area contributed by atoms with Crippen molar-refractivity contribution in [1.29, 1.82) is 0 Å². The normalized spacial score (nSPS) is 22.9. The number of rotatable bonds is 4. The number of carbonyl (C=O) groups excluding carboxylic acids is 1. The lowest BCUT2D eigenvalue weighted by molar-refractivity contribution is -0.142. The van der Waals surface area contributed by atoms with Crippen LogP contribution >= 0.6 is 11.6 Å². The number of nitrogens with zero attached hydrogens (tertiary/aromatic N) is 1. The van der Waals surface area contributed by atoms with Gasteiger partial charge in [0.05, 0.1) is 12.1 Å². The van der Waals surface area contributed by atoms with Crippen molar-refractivity contribution in [2.75, 3.05) is 39.3 Å². The third-order valence-electron chi connectivity index (χ3n) is 3.98. The largest absolute Gasteiger partial charge is 0.366 e. The smallest absolute Gasteiger partial charge is 0.249 e. The quantitative estimate of drug-likeness (QED) is 0.864. The van der Waals surface area contributed by atoms with Crippen LogP contribution in [0.2, 0.25) is 5.02 Å². The van der Waals surface area contributed by atoms with Gasteiger partial charge in [-0.25, -0.2) is 0 Å². The summed E-state index contributed by atoms with van der Waals surface area (Å²) in [6.07, 6.45) is 0.182. The van der Waals surface area contributed by atoms with E-state index in [2.05, 4.69) is 10.6 Å². The van der Waals surface area contributed by atoms with Crippen molar-refractivity contribution < 1.29 is 9.53 Å². The Morgan fingerprint density at radius 3 is 2.90 bits per heavy atom. The zero-order chi connectivity index (χ0) is 14.7. The molecule has 114 valence electrons. The fourth-order valence-corrected chi connectivity index (χ4v) is 2.87. The van der Waals surface area contributed by atoms with Crippen LogP contribution in [0.15, 0.2) is 24.3 Å². The molecule has 0 aliphatic carbocycles. The first kappa shape index (κ1) is 14.8. The van der Waals surface area contributed by atoms with Crippen LogP contribution in [-0.2, 0) is 9.53 Å². The van der Waals surface area contributed by atoms with Gasteiger partial charge in [-0.15, -0.1) is 0 Å². The van der Waals surface area contributed by atoms with Gasteiger partial charge in [-0.05, 0) is 17.7 Å². The van der Waals surface area contributed by atoms with Crippen molar-refractivity contribution in [3.8, 4) is 0 Å². The summed E-state index contributed by atoms with van der Waals surface area (Å²) in [6.45, 7) is 4.09. The highest BCUT2D eigenvalue weighted by atomic mass is 35.5. The average Bonchev–Trinajstić information content (AvgIpc) is 2.45. The second-order valence-corrected chi connectivity index (χ2v) is 5.89. The summed E-state index contributed by atoms with van der Waals surface area (Å²) in [5.74, 6) is 0.0494. The van der Waals surface area contributed by atoms with Crippen molar-refractivity contribution in [3.05, 3.63) is 34.9 Å². The number of amides is 1. The molecular formula is C15H20ClN3O2. The third kappa shape index (κ3) is 3.55. The van der Waals surface area contributed by atoms with Crippen LogP contribution in [0, 0.1) is 0 Å². The summed E-state index contributed by atoms with van der Waals surface area (Å²) in [5.41, 5.74) is 1.06. The monoisotopic (exact) mass is 309 g/mol. The number of hydrogen-bond acceptors (Lipinski definition) is 4. The molecule has 1 atom stereocenters. The van der Waals surface area contributed by atoms with Gasteiger partial charge in [-0.3, -0.25) is 4.79 Å². The molecule has 0 radical (unpaired) electrons. The van der Waals surface area contributed by atoms with E-state index in [0.717, 1.165) is 31.7 Å². The third-order valence-corrected chi connectivity index (χ3v) is 4.22. The van der Waals surface area contributed by atoms with Crippen LogP contribution in [0.25, 0.3) is 0 Å². The molecule has 2 N–H and O–H groups in total. The topological polar surface area (TPSA) is 53.6 Å². The fourth-order valence-electron chi connectivity index (χ4n) is 2.67. The van der Waals surface area contributed by atoms with E-state index in [1.165, 1.54) is 0 Å². The molecule has 21 heavy (non-hydrogen) atoms. The maximum Gasteiger partial charge on any atom is 0.249 e. The van der Waals surface area contributed by atoms with E-state index in [9.17, 15) is 4.79 Å². The number of carbonyl (C=O) groups is 1. The summed E-state index contributed by atoms with van der Waals surface area (Å²) in [6, 6.07) is 7.73. The Kier molecular flexibility index (Phi) is 4.75. The van der Waals surface area contributed by atoms with E-state index in [0.29, 0.717) is 11.6 Å². The molecule has 2 aliphatic heterocycles. The Labute approximate surface area is 129 Å². The number of benzene rings is 1. The molecule has 1 aromatic carbocycles. The molecule has 0 aromatic heterocycles. The lowest BCUT2D eigenvalue weighted by atomic mass is 10.0. The number of hydrogen-bond donors (Lipinski definition) is 2. The number of nitrogens with one attached hydrogen (secondary N) is 2. The minimum atomic E-state index is 0.0214. The van der Waals surface area contributed by atoms with E-state index >= 15 is 0 Å². The van der Waals surface area contributed by atoms with Crippen molar-refractivity contribution in [2.45, 2.75) is 12.1 Å². The summed E-state index contributed by atoms with van der Waals surface area (Å²) >= 11 is 6.06. The SMILES string of the molecule is O=C(COC1CNC1)N1CCNCC1c1cccc(Cl)c1. The van der Waals surface area contributed by atoms with Gasteiger partial charge in [0.15, 0.2) is 0 Å². The Balaban J connectivity index is 1.66. The molecule has 6 heteroatoms. The molecule has 2 heterocycles. The van der Waals surface area contributed by atoms with Crippen LogP contribution in [-0.4, -0.2) is 56.2 Å². The Morgan fingerprint density at radius 1 is 1.33 bits per heavy atom. The van der Waals surface area contributed by atoms with Gasteiger partial charge in [-0.1, -0.05) is 23.7 Å². The van der Waals surface area contributed by atoms with Gasteiger partial charge >= 0.3 is 0 Å². The number of ether oxygens (including phenoxy) is 1. The second kappa shape index (κ2) is 6.75. The molecule has 0 spiro atoms. The average molecular weight is 310 g/mol. The Hall–Kier alpha value is -1.14. The molecular weight excluding hydrogens is 290 g/mol. The highest BCUT2D eigenvalue weighted by Crippen LogP contribution is 2.24. The van der Waals surface area contributed by atoms with Crippen molar-refractivity contribution in [2.24, 2.45) is 0 Å². The lowest BCUT2D eigenvalue weighted by Crippen LogP contribution is -2.52. The van der Waals surface area contributed by atoms with Crippen LogP contribution in [0.1, 0.15) is 11.6 Å². The minimum absolute atomic E-state index is 0.0214. The molecule has 2 saturated heterocycles. The predicted octanol–water partition coefficient (Wildman–Crippen LogP) is 0.801. The van der Waals surface area contributed by atoms with Crippen molar-refractivity contribution >= 4 is 17.5 Å². The van der Waals surface area contributed by atoms with E-state index in [1.54, 1.807) is 0 Å². The maximum absolute atomic E-state index is 12.4. The summed E-state index contributed by atoms with van der Waals surface area (Å²) in [7, 11) is 0. The zero-order valence-corrected chi connectivity index (χ0v) is 12.6. The number of piperazine rings is 1. The molecule has 0 saturated carbocycles. The lowest BCUT2D eigenvalue weighted by Gasteiger charge is -2.37. The van der Waals surface area contributed by atoms with E-state index in [-0.39, 0.29) is 24.7 Å². The van der Waals surface area contributed by atoms with Gasteiger partial charge in [0.1, 0.15) is 6.61 Å². The highest BCUT2D eigenvalue weighted by molar-refractivity contribution is 6.30. The van der Waals surface area contributed by atoms with Crippen LogP contribution in [0.4, 0.5) is 0 Å². The molecule has 1 aromatic rings. The summed E-state index contributed by atoms with van der Waals surface area (Å²) < 4.78 is 5.60. The van der Waals surface area contributed by atoms with Gasteiger partial charge in [-0.2, -0.15) is 0 Å². The van der Waals surface area contributed by atoms with Gasteiger partial charge in [0, 0.05) is 37.7 Å². The second-order valence-electron chi connectivity index (χ2n) is 5.45. The molecule has 3 rings (SSSR count). The standard InChI is InChI=1S/C15H20ClN3O2/c16-12-3-1-2-11(6-12)14-9-17-4-5-19(14)15(20)10-21-13-7-18-8-13/h1-3,6,13-14,17-18H,4-5,7-10H2. The van der Waals surface area contributed by atoms with Crippen LogP contribution < -0.4 is 10.6 Å². The molecule has 0 bridgehead atoms. The minimum Gasteiger partial charge on any atom is -0.366 e. The van der Waals surface area contributed by atoms with E-state index in [4.69, 9.17) is 16.3 Å². The zero-order valence-electron chi connectivity index (χ0n) is 11.8. The first-order chi connectivity index (χ1) is 10.2. The summed E-state index contributed by atoms with van der Waals surface area (Å²) in [5, 5.41) is 7.16. The molecule has 2 aliphatic rings. The molecule has 1 amide bonds. The maximum atomic E-state index is 12.4. The highest BCUT2D eigenvalue weighted by Gasteiger charge is 2.29. The van der Waals surface area contributed by atoms with Gasteiger partial charge in [0.25, 0.3) is 0 Å². The van der Waals surface area contributed by atoms with Gasteiger partial charge < -0.3 is 20.3 Å². The predicted molar refractivity (Wildman–Crippen MR) is 81.4 cm³/mol. The van der Waals surface area contributed by atoms with Crippen molar-refractivity contribution in [1.82, 2.24) is 15.5 Å². The number of halogens is 1. The summed E-state index contributed by atoms with van der Waals surface area (Å²) in [4.78, 5) is 14.3. The molecule has 5 nitrogen and oxygen atoms in total. The van der Waals surface area contributed by atoms with Crippen molar-refractivity contribution in [3.63, 3.8) is 0 Å². The molecule has 1 unspecified atom stereocenters. The van der Waals surface area contributed by atoms with E-state index in [1.807, 2.05) is 29.2 Å². The van der Waals surface area contributed by atoms with Crippen LogP contribution in [0.5, 0.6) is 0 Å². The first-order valence-corrected chi connectivity index (χ1v) is 7.70. The van der Waals surface area contributed by atoms with E-state index < -0.39 is 0 Å². The first-order valence-electron chi connectivity index (χ1n) is 7.32. The fraction of sp³-hybridized carbons (Fsp3) is 0.533. The van der Waals surface area contributed by atoms with Crippen LogP contribution in [0.3, 0.4) is 0 Å². The Bertz CT molecular complexity index is 507.